The summed E-state index contributed by atoms with van der Waals surface area (Å²) < 4.78 is 0. The van der Waals surface area contributed by atoms with Crippen LogP contribution >= 0.6 is 22.9 Å². The zero-order chi connectivity index (χ0) is 11.1. The van der Waals surface area contributed by atoms with E-state index in [0.29, 0.717) is 5.02 Å². The molecule has 3 heteroatoms. The Balaban J connectivity index is 2.19. The Labute approximate surface area is 101 Å². The molecule has 1 rings (SSSR count). The second-order valence-corrected chi connectivity index (χ2v) is 5.21. The topological polar surface area (TPSA) is 20.2 Å². The first-order valence-corrected chi connectivity index (χ1v) is 6.92. The van der Waals surface area contributed by atoms with E-state index in [4.69, 9.17) is 11.6 Å². The molecule has 0 radical (unpaired) electrons. The Morgan fingerprint density at radius 1 is 1.33 bits per heavy atom. The second kappa shape index (κ2) is 7.26. The minimum atomic E-state index is -0.362. The van der Waals surface area contributed by atoms with Crippen molar-refractivity contribution >= 4 is 22.9 Å². The van der Waals surface area contributed by atoms with Crippen LogP contribution in [0.2, 0.25) is 5.02 Å². The highest BCUT2D eigenvalue weighted by Crippen LogP contribution is 2.31. The van der Waals surface area contributed by atoms with Crippen molar-refractivity contribution in [1.82, 2.24) is 0 Å². The van der Waals surface area contributed by atoms with Crippen LogP contribution in [0.4, 0.5) is 0 Å². The monoisotopic (exact) mass is 246 g/mol. The van der Waals surface area contributed by atoms with Gasteiger partial charge in [0.2, 0.25) is 0 Å². The van der Waals surface area contributed by atoms with Gasteiger partial charge in [-0.05, 0) is 17.9 Å². The van der Waals surface area contributed by atoms with E-state index < -0.39 is 0 Å². The first-order chi connectivity index (χ1) is 7.25. The second-order valence-electron chi connectivity index (χ2n) is 3.85. The molecule has 1 heterocycles. The molecule has 1 N–H and O–H groups in total. The molecule has 0 fully saturated rings. The number of unbranched alkanes of at least 4 members (excludes halogenated alkanes) is 4. The molecule has 0 aliphatic heterocycles. The number of aliphatic hydroxyl groups excluding tert-OH is 1. The minimum Gasteiger partial charge on any atom is -0.388 e. The van der Waals surface area contributed by atoms with Crippen molar-refractivity contribution in [3.05, 3.63) is 21.3 Å². The van der Waals surface area contributed by atoms with Crippen LogP contribution in [-0.4, -0.2) is 5.11 Å². The number of rotatable bonds is 7. The molecule has 0 aliphatic carbocycles. The van der Waals surface area contributed by atoms with Gasteiger partial charge in [-0.2, -0.15) is 0 Å². The van der Waals surface area contributed by atoms with Crippen molar-refractivity contribution in [2.45, 2.75) is 51.6 Å². The fourth-order valence-electron chi connectivity index (χ4n) is 1.62. The molecule has 0 aliphatic rings. The summed E-state index contributed by atoms with van der Waals surface area (Å²) >= 11 is 7.49. The lowest BCUT2D eigenvalue weighted by Crippen LogP contribution is -1.95. The predicted molar refractivity (Wildman–Crippen MR) is 67.7 cm³/mol. The van der Waals surface area contributed by atoms with Crippen LogP contribution < -0.4 is 0 Å². The number of hydrogen-bond donors (Lipinski definition) is 1. The maximum atomic E-state index is 9.87. The van der Waals surface area contributed by atoms with Gasteiger partial charge in [0.05, 0.1) is 16.0 Å². The van der Waals surface area contributed by atoms with Crippen LogP contribution in [0.15, 0.2) is 11.4 Å². The zero-order valence-electron chi connectivity index (χ0n) is 9.21. The number of aliphatic hydroxyl groups is 1. The Kier molecular flexibility index (Phi) is 6.30. The van der Waals surface area contributed by atoms with Gasteiger partial charge < -0.3 is 5.11 Å². The third-order valence-electron chi connectivity index (χ3n) is 2.53. The molecule has 0 amide bonds. The molecule has 0 aromatic carbocycles. The van der Waals surface area contributed by atoms with E-state index in [0.717, 1.165) is 17.7 Å². The van der Waals surface area contributed by atoms with E-state index >= 15 is 0 Å². The largest absolute Gasteiger partial charge is 0.388 e. The molecular formula is C12H19ClOS. The van der Waals surface area contributed by atoms with Crippen molar-refractivity contribution in [3.63, 3.8) is 0 Å². The normalized spacial score (nSPS) is 13.0. The summed E-state index contributed by atoms with van der Waals surface area (Å²) in [6, 6.07) is 1.85. The van der Waals surface area contributed by atoms with E-state index in [9.17, 15) is 5.11 Å². The maximum absolute atomic E-state index is 9.87. The average molecular weight is 247 g/mol. The van der Waals surface area contributed by atoms with Gasteiger partial charge in [-0.3, -0.25) is 0 Å². The fraction of sp³-hybridized carbons (Fsp3) is 0.667. The van der Waals surface area contributed by atoms with Crippen molar-refractivity contribution in [1.29, 1.82) is 0 Å². The van der Waals surface area contributed by atoms with Crippen molar-refractivity contribution in [2.24, 2.45) is 0 Å². The first kappa shape index (κ1) is 13.0. The SMILES string of the molecule is CCCCCCCC(O)c1sccc1Cl. The van der Waals surface area contributed by atoms with Crippen LogP contribution in [0.5, 0.6) is 0 Å². The fourth-order valence-corrected chi connectivity index (χ4v) is 2.82. The van der Waals surface area contributed by atoms with Crippen LogP contribution in [0.1, 0.15) is 56.4 Å². The zero-order valence-corrected chi connectivity index (χ0v) is 10.8. The first-order valence-electron chi connectivity index (χ1n) is 5.66. The molecule has 0 bridgehead atoms. The Morgan fingerprint density at radius 3 is 2.67 bits per heavy atom. The molecule has 1 aromatic heterocycles. The van der Waals surface area contributed by atoms with Gasteiger partial charge in [-0.25, -0.2) is 0 Å². The average Bonchev–Trinajstić information content (AvgIpc) is 2.64. The molecule has 0 saturated carbocycles. The van der Waals surface area contributed by atoms with Crippen molar-refractivity contribution in [2.75, 3.05) is 0 Å². The summed E-state index contributed by atoms with van der Waals surface area (Å²) in [5.74, 6) is 0. The Morgan fingerprint density at radius 2 is 2.07 bits per heavy atom. The van der Waals surface area contributed by atoms with Gasteiger partial charge in [-0.15, -0.1) is 11.3 Å². The Bertz CT molecular complexity index is 272. The molecule has 86 valence electrons. The van der Waals surface area contributed by atoms with Gasteiger partial charge in [-0.1, -0.05) is 50.6 Å². The highest BCUT2D eigenvalue weighted by Gasteiger charge is 2.12. The summed E-state index contributed by atoms with van der Waals surface area (Å²) in [5, 5.41) is 12.5. The van der Waals surface area contributed by atoms with E-state index in [-0.39, 0.29) is 6.10 Å². The van der Waals surface area contributed by atoms with E-state index in [2.05, 4.69) is 6.92 Å². The highest BCUT2D eigenvalue weighted by molar-refractivity contribution is 7.10. The van der Waals surface area contributed by atoms with E-state index in [1.165, 1.54) is 25.7 Å². The van der Waals surface area contributed by atoms with Crippen LogP contribution in [0, 0.1) is 0 Å². The van der Waals surface area contributed by atoms with E-state index in [1.54, 1.807) is 11.3 Å². The van der Waals surface area contributed by atoms with Crippen molar-refractivity contribution < 1.29 is 5.11 Å². The standard InChI is InChI=1S/C12H19ClOS/c1-2-3-4-5-6-7-11(14)12-10(13)8-9-15-12/h8-9,11,14H,2-7H2,1H3. The smallest absolute Gasteiger partial charge is 0.0896 e. The summed E-state index contributed by atoms with van der Waals surface area (Å²) in [6.45, 7) is 2.21. The summed E-state index contributed by atoms with van der Waals surface area (Å²) in [4.78, 5) is 0.923. The van der Waals surface area contributed by atoms with Crippen LogP contribution in [0.25, 0.3) is 0 Å². The summed E-state index contributed by atoms with van der Waals surface area (Å²) in [5.41, 5.74) is 0. The lowest BCUT2D eigenvalue weighted by atomic mass is 10.1. The molecule has 1 atom stereocenters. The molecule has 0 saturated heterocycles. The number of halogens is 1. The summed E-state index contributed by atoms with van der Waals surface area (Å²) in [6.07, 6.45) is 6.63. The number of thiophene rings is 1. The lowest BCUT2D eigenvalue weighted by molar-refractivity contribution is 0.167. The summed E-state index contributed by atoms with van der Waals surface area (Å²) in [7, 11) is 0. The molecular weight excluding hydrogens is 228 g/mol. The van der Waals surface area contributed by atoms with Crippen molar-refractivity contribution in [3.8, 4) is 0 Å². The van der Waals surface area contributed by atoms with Gasteiger partial charge >= 0.3 is 0 Å². The lowest BCUT2D eigenvalue weighted by Gasteiger charge is -2.08. The molecule has 0 spiro atoms. The third kappa shape index (κ3) is 4.54. The minimum absolute atomic E-state index is 0.362. The molecule has 1 aromatic rings. The van der Waals surface area contributed by atoms with Gasteiger partial charge in [0.25, 0.3) is 0 Å². The molecule has 1 nitrogen and oxygen atoms in total. The van der Waals surface area contributed by atoms with Crippen LogP contribution in [0.3, 0.4) is 0 Å². The quantitative estimate of drug-likeness (QED) is 0.686. The van der Waals surface area contributed by atoms with E-state index in [1.807, 2.05) is 11.4 Å². The van der Waals surface area contributed by atoms with Crippen LogP contribution in [-0.2, 0) is 0 Å². The number of hydrogen-bond acceptors (Lipinski definition) is 2. The maximum Gasteiger partial charge on any atom is 0.0896 e. The molecule has 15 heavy (non-hydrogen) atoms. The van der Waals surface area contributed by atoms with Gasteiger partial charge in [0.15, 0.2) is 0 Å². The predicted octanol–water partition coefficient (Wildman–Crippen LogP) is 4.80. The molecule has 1 unspecified atom stereocenters. The third-order valence-corrected chi connectivity index (χ3v) is 3.99. The van der Waals surface area contributed by atoms with Gasteiger partial charge in [0.1, 0.15) is 0 Å². The highest BCUT2D eigenvalue weighted by atomic mass is 35.5. The van der Waals surface area contributed by atoms with Gasteiger partial charge in [0, 0.05) is 0 Å². The Hall–Kier alpha value is -0.0500.